The van der Waals surface area contributed by atoms with Crippen molar-refractivity contribution >= 4 is 37.4 Å². The van der Waals surface area contributed by atoms with E-state index in [-0.39, 0.29) is 10.1 Å². The molecule has 57 heavy (non-hydrogen) atoms. The molecule has 6 rings (SSSR count). The molecule has 0 aliphatic heterocycles. The fourth-order valence-electron chi connectivity index (χ4n) is 8.51. The highest BCUT2D eigenvalue weighted by Gasteiger charge is 2.61. The van der Waals surface area contributed by atoms with E-state index in [1.54, 1.807) is 28.4 Å². The molecule has 296 valence electrons. The van der Waals surface area contributed by atoms with Crippen molar-refractivity contribution in [3.8, 4) is 23.0 Å². The maximum atomic E-state index is 8.81. The third-order valence-corrected chi connectivity index (χ3v) is 22.6. The Labute approximate surface area is 342 Å². The normalized spacial score (nSPS) is 13.9. The van der Waals surface area contributed by atoms with Gasteiger partial charge in [0.1, 0.15) is 23.0 Å². The lowest BCUT2D eigenvalue weighted by molar-refractivity contribution is 0.393. The van der Waals surface area contributed by atoms with Crippen LogP contribution in [-0.4, -0.2) is 45.1 Å². The van der Waals surface area contributed by atoms with Crippen molar-refractivity contribution in [1.29, 1.82) is 0 Å². The Bertz CT molecular complexity index is 2060. The Morgan fingerprint density at radius 2 is 0.684 bits per heavy atom. The summed E-state index contributed by atoms with van der Waals surface area (Å²) in [5.41, 5.74) is 4.70. The third kappa shape index (κ3) is 8.33. The molecule has 0 saturated carbocycles. The van der Waals surface area contributed by atoms with Gasteiger partial charge >= 0.3 is 0 Å². The first-order valence-electron chi connectivity index (χ1n) is 19.7. The average molecular weight is 795 g/mol. The Balaban J connectivity index is 1.69. The minimum Gasteiger partial charge on any atom is -0.497 e. The highest BCUT2D eigenvalue weighted by molar-refractivity contribution is 7.11. The number of ether oxygens (including phenoxy) is 4. The molecule has 2 atom stereocenters. The molecule has 0 spiro atoms. The van der Waals surface area contributed by atoms with E-state index in [9.17, 15) is 0 Å². The van der Waals surface area contributed by atoms with E-state index in [0.717, 1.165) is 34.1 Å². The van der Waals surface area contributed by atoms with Crippen molar-refractivity contribution in [2.75, 3.05) is 28.4 Å². The van der Waals surface area contributed by atoms with E-state index in [0.29, 0.717) is 12.8 Å². The second kappa shape index (κ2) is 17.2. The number of hydrogen-bond donors (Lipinski definition) is 0. The molecule has 5 nitrogen and oxygen atoms in total. The van der Waals surface area contributed by atoms with Crippen LogP contribution in [0.5, 0.6) is 23.0 Å². The van der Waals surface area contributed by atoms with Crippen LogP contribution in [0, 0.1) is 0 Å². The van der Waals surface area contributed by atoms with E-state index in [1.165, 1.54) is 31.9 Å². The summed E-state index contributed by atoms with van der Waals surface area (Å²) >= 11 is 0. The fraction of sp³-hybridized carbons (Fsp3) is 0.280. The molecule has 0 heterocycles. The van der Waals surface area contributed by atoms with Crippen LogP contribution in [-0.2, 0) is 17.0 Å². The highest BCUT2D eigenvalue weighted by Crippen LogP contribution is 2.46. The third-order valence-electron chi connectivity index (χ3n) is 11.2. The van der Waals surface area contributed by atoms with Gasteiger partial charge in [0, 0.05) is 12.1 Å². The van der Waals surface area contributed by atoms with E-state index in [2.05, 4.69) is 175 Å². The Morgan fingerprint density at radius 1 is 0.386 bits per heavy atom. The van der Waals surface area contributed by atoms with Gasteiger partial charge < -0.3 is 23.1 Å². The van der Waals surface area contributed by atoms with Gasteiger partial charge in [-0.05, 0) is 90.2 Å². The SMILES string of the molecule is COc1cc(Cc2ccccc2[Si](O[Si](c2ccccc2)(c2ccccc2Cc2cc(OC)cc(OC)c2)C(C)(C)C)(c2ccccc2)C(C)(C)C)cc(OC)c1. The van der Waals surface area contributed by atoms with Crippen LogP contribution < -0.4 is 39.7 Å². The molecule has 6 aromatic carbocycles. The van der Waals surface area contributed by atoms with Gasteiger partial charge in [-0.15, -0.1) is 0 Å². The molecular formula is C50H58O5Si2. The van der Waals surface area contributed by atoms with Crippen LogP contribution in [0.3, 0.4) is 0 Å². The first-order chi connectivity index (χ1) is 27.3. The van der Waals surface area contributed by atoms with Crippen LogP contribution in [0.2, 0.25) is 10.1 Å². The summed E-state index contributed by atoms with van der Waals surface area (Å²) in [6, 6.07) is 52.5. The predicted molar refractivity (Wildman–Crippen MR) is 241 cm³/mol. The maximum Gasteiger partial charge on any atom is 0.251 e. The fourth-order valence-corrected chi connectivity index (χ4v) is 21.8. The Morgan fingerprint density at radius 3 is 0.982 bits per heavy atom. The Kier molecular flexibility index (Phi) is 12.5. The van der Waals surface area contributed by atoms with Gasteiger partial charge in [-0.3, -0.25) is 0 Å². The molecule has 6 aromatic rings. The molecule has 0 amide bonds. The molecule has 0 aliphatic rings. The van der Waals surface area contributed by atoms with Crippen LogP contribution >= 0.6 is 0 Å². The lowest BCUT2D eigenvalue weighted by atomic mass is 10.0. The van der Waals surface area contributed by atoms with Gasteiger partial charge in [0.05, 0.1) is 28.4 Å². The standard InChI is InChI=1S/C50H58O5Si2/c1-49(2,3)56(45-23-13-11-14-24-45,47-27-19-17-21-39(47)29-37-31-41(51-7)35-42(32-37)52-8)55-57(50(4,5)6,46-25-15-12-16-26-46)48-28-20-18-22-40(48)30-38-33-43(53-9)36-44(34-38)54-10/h11-28,31-36H,29-30H2,1-10H3. The van der Waals surface area contributed by atoms with Crippen molar-refractivity contribution < 1.29 is 23.1 Å². The maximum absolute atomic E-state index is 8.81. The summed E-state index contributed by atoms with van der Waals surface area (Å²) < 4.78 is 31.7. The van der Waals surface area contributed by atoms with Gasteiger partial charge in [-0.1, -0.05) is 151 Å². The molecule has 7 heteroatoms. The molecular weight excluding hydrogens is 737 g/mol. The van der Waals surface area contributed by atoms with Gasteiger partial charge in [0.25, 0.3) is 16.6 Å². The van der Waals surface area contributed by atoms with Crippen molar-refractivity contribution in [2.45, 2.75) is 64.5 Å². The summed E-state index contributed by atoms with van der Waals surface area (Å²) in [6.07, 6.45) is 1.38. The minimum absolute atomic E-state index is 0.302. The second-order valence-electron chi connectivity index (χ2n) is 16.8. The van der Waals surface area contributed by atoms with E-state index in [4.69, 9.17) is 23.1 Å². The first kappa shape index (κ1) is 41.5. The second-order valence-corrected chi connectivity index (χ2v) is 25.6. The molecule has 0 N–H and O–H groups in total. The zero-order valence-electron chi connectivity index (χ0n) is 35.3. The molecule has 0 fully saturated rings. The van der Waals surface area contributed by atoms with Crippen LogP contribution in [0.1, 0.15) is 63.8 Å². The smallest absolute Gasteiger partial charge is 0.251 e. The number of methoxy groups -OCH3 is 4. The molecule has 0 aromatic heterocycles. The molecule has 0 aliphatic carbocycles. The zero-order valence-corrected chi connectivity index (χ0v) is 37.3. The minimum atomic E-state index is -3.29. The summed E-state index contributed by atoms with van der Waals surface area (Å²) in [5.74, 6) is 3.09. The summed E-state index contributed by atoms with van der Waals surface area (Å²) in [7, 11) is 0.243. The van der Waals surface area contributed by atoms with Crippen LogP contribution in [0.25, 0.3) is 0 Å². The van der Waals surface area contributed by atoms with Gasteiger partial charge in [0.15, 0.2) is 0 Å². The van der Waals surface area contributed by atoms with E-state index in [1.807, 2.05) is 12.1 Å². The van der Waals surface area contributed by atoms with Crippen molar-refractivity contribution in [1.82, 2.24) is 0 Å². The van der Waals surface area contributed by atoms with Crippen molar-refractivity contribution in [2.24, 2.45) is 0 Å². The average Bonchev–Trinajstić information content (AvgIpc) is 3.21. The van der Waals surface area contributed by atoms with E-state index >= 15 is 0 Å². The molecule has 0 bridgehead atoms. The van der Waals surface area contributed by atoms with Crippen molar-refractivity contribution in [3.05, 3.63) is 168 Å². The lowest BCUT2D eigenvalue weighted by Gasteiger charge is -2.54. The highest BCUT2D eigenvalue weighted by atomic mass is 28.4. The molecule has 0 saturated heterocycles. The molecule has 0 radical (unpaired) electrons. The van der Waals surface area contributed by atoms with Gasteiger partial charge in [-0.25, -0.2) is 0 Å². The summed E-state index contributed by atoms with van der Waals surface area (Å²) in [6.45, 7) is 14.3. The Hall–Kier alpha value is -5.09. The molecule has 2 unspecified atom stereocenters. The quantitative estimate of drug-likeness (QED) is 0.103. The monoisotopic (exact) mass is 794 g/mol. The largest absolute Gasteiger partial charge is 0.497 e. The zero-order chi connectivity index (χ0) is 40.8. The number of hydrogen-bond acceptors (Lipinski definition) is 5. The van der Waals surface area contributed by atoms with E-state index < -0.39 is 16.6 Å². The van der Waals surface area contributed by atoms with Crippen molar-refractivity contribution in [3.63, 3.8) is 0 Å². The number of benzene rings is 6. The summed E-state index contributed by atoms with van der Waals surface area (Å²) in [4.78, 5) is 0. The van der Waals surface area contributed by atoms with Gasteiger partial charge in [-0.2, -0.15) is 0 Å². The topological polar surface area (TPSA) is 46.2 Å². The first-order valence-corrected chi connectivity index (χ1v) is 23.5. The summed E-state index contributed by atoms with van der Waals surface area (Å²) in [5, 5.41) is 4.45. The van der Waals surface area contributed by atoms with Crippen LogP contribution in [0.15, 0.2) is 146 Å². The number of rotatable bonds is 14. The van der Waals surface area contributed by atoms with Gasteiger partial charge in [0.2, 0.25) is 0 Å². The van der Waals surface area contributed by atoms with Crippen LogP contribution in [0.4, 0.5) is 0 Å². The lowest BCUT2D eigenvalue weighted by Crippen LogP contribution is -2.78. The predicted octanol–water partition coefficient (Wildman–Crippen LogP) is 9.34.